The van der Waals surface area contributed by atoms with Crippen LogP contribution in [0.5, 0.6) is 0 Å². The maximum Gasteiger partial charge on any atom is 0.328 e. The normalized spacial score (nSPS) is 13.2. The van der Waals surface area contributed by atoms with Crippen LogP contribution in [0, 0.1) is 0 Å². The zero-order valence-electron chi connectivity index (χ0n) is 23.5. The molecule has 0 fully saturated rings. The number of β-amino-alcohol motifs (C(OH)–C–C–N with tert-alkyl or cyclic N) is 1. The van der Waals surface area contributed by atoms with E-state index in [0.717, 1.165) is 29.2 Å². The Labute approximate surface area is 241 Å². The first-order chi connectivity index (χ1) is 19.4. The molecule has 8 heteroatoms. The summed E-state index contributed by atoms with van der Waals surface area (Å²) >= 11 is 0. The van der Waals surface area contributed by atoms with E-state index in [1.807, 2.05) is 24.3 Å². The predicted molar refractivity (Wildman–Crippen MR) is 164 cm³/mol. The van der Waals surface area contributed by atoms with Gasteiger partial charge in [-0.15, -0.1) is 0 Å². The molecule has 0 aromatic heterocycles. The topological polar surface area (TPSA) is 107 Å². The maximum atomic E-state index is 13.2. The number of benzene rings is 4. The lowest BCUT2D eigenvalue weighted by atomic mass is 9.93. The second kappa shape index (κ2) is 12.8. The number of hydrogen-bond acceptors (Lipinski definition) is 5. The van der Waals surface area contributed by atoms with E-state index in [2.05, 4.69) is 49.5 Å². The summed E-state index contributed by atoms with van der Waals surface area (Å²) in [5, 5.41) is 25.2. The Morgan fingerprint density at radius 2 is 1.54 bits per heavy atom. The number of hydrogen-bond donors (Lipinski definition) is 3. The number of nitrogens with zero attached hydrogens (tertiary/aromatic N) is 1. The van der Waals surface area contributed by atoms with E-state index >= 15 is 0 Å². The molecule has 41 heavy (non-hydrogen) atoms. The number of likely N-dealkylation sites (N-methyl/N-ethyl adjacent to an activating group) is 1. The number of carbonyl (C=O) groups is 1. The highest BCUT2D eigenvalue weighted by Crippen LogP contribution is 2.24. The van der Waals surface area contributed by atoms with Crippen LogP contribution in [0.3, 0.4) is 0 Å². The molecule has 0 radical (unpaired) electrons. The minimum absolute atomic E-state index is 0.0472. The molecule has 0 heterocycles. The molecule has 4 rings (SSSR count). The lowest BCUT2D eigenvalue weighted by Gasteiger charge is -2.29. The van der Waals surface area contributed by atoms with E-state index in [9.17, 15) is 18.3 Å². The van der Waals surface area contributed by atoms with Gasteiger partial charge in [0.1, 0.15) is 0 Å². The third kappa shape index (κ3) is 8.11. The Bertz CT molecular complexity index is 1630. The molecule has 0 unspecified atom stereocenters. The molecular weight excluding hydrogens is 536 g/mol. The van der Waals surface area contributed by atoms with Gasteiger partial charge in [-0.05, 0) is 71.5 Å². The predicted octanol–water partition coefficient (Wildman–Crippen LogP) is 5.20. The van der Waals surface area contributed by atoms with Crippen LogP contribution in [0.25, 0.3) is 28.0 Å². The standard InChI is InChI=1S/C33H36N2O5S/c1-33(2,21-25-10-14-26-6-4-5-7-29(26)20-25)34-22-30(36)23-35(3)41(39,40)31-17-15-28(16-18-31)27-12-8-24(9-13-27)11-19-32(37)38/h4-20,30,34,36H,21-23H2,1-3H3,(H,37,38)/t30-/m1/s1. The van der Waals surface area contributed by atoms with E-state index in [4.69, 9.17) is 5.11 Å². The Morgan fingerprint density at radius 3 is 2.17 bits per heavy atom. The fourth-order valence-electron chi connectivity index (χ4n) is 4.73. The van der Waals surface area contributed by atoms with Gasteiger partial charge in [-0.3, -0.25) is 0 Å². The van der Waals surface area contributed by atoms with Gasteiger partial charge < -0.3 is 15.5 Å². The summed E-state index contributed by atoms with van der Waals surface area (Å²) in [7, 11) is -2.33. The molecule has 0 spiro atoms. The summed E-state index contributed by atoms with van der Waals surface area (Å²) in [5.74, 6) is -1.01. The summed E-state index contributed by atoms with van der Waals surface area (Å²) < 4.78 is 27.5. The number of fused-ring (bicyclic) bond motifs is 1. The van der Waals surface area contributed by atoms with Crippen LogP contribution in [0.1, 0.15) is 25.0 Å². The summed E-state index contributed by atoms with van der Waals surface area (Å²) in [6.07, 6.45) is 2.45. The summed E-state index contributed by atoms with van der Waals surface area (Å²) in [6, 6.07) is 28.5. The van der Waals surface area contributed by atoms with Crippen molar-refractivity contribution in [2.45, 2.75) is 36.8 Å². The first kappa shape index (κ1) is 30.1. The van der Waals surface area contributed by atoms with Crippen molar-refractivity contribution >= 4 is 32.8 Å². The van der Waals surface area contributed by atoms with Crippen molar-refractivity contribution in [1.29, 1.82) is 0 Å². The van der Waals surface area contributed by atoms with E-state index in [-0.39, 0.29) is 23.5 Å². The summed E-state index contributed by atoms with van der Waals surface area (Å²) in [5.41, 5.74) is 3.34. The van der Waals surface area contributed by atoms with Crippen LogP contribution in [0.15, 0.2) is 102 Å². The molecule has 1 atom stereocenters. The minimum Gasteiger partial charge on any atom is -0.478 e. The molecule has 214 valence electrons. The Hall–Kier alpha value is -3.82. The number of aliphatic carboxylic acids is 1. The molecule has 0 aliphatic heterocycles. The molecule has 0 saturated heterocycles. The number of aliphatic hydroxyl groups excluding tert-OH is 1. The highest BCUT2D eigenvalue weighted by atomic mass is 32.2. The van der Waals surface area contributed by atoms with Gasteiger partial charge in [-0.25, -0.2) is 13.2 Å². The van der Waals surface area contributed by atoms with E-state index in [0.29, 0.717) is 0 Å². The van der Waals surface area contributed by atoms with Gasteiger partial charge in [-0.2, -0.15) is 4.31 Å². The third-order valence-electron chi connectivity index (χ3n) is 6.97. The molecule has 4 aromatic carbocycles. The first-order valence-electron chi connectivity index (χ1n) is 13.4. The molecule has 3 N–H and O–H groups in total. The number of sulfonamides is 1. The van der Waals surface area contributed by atoms with Crippen molar-refractivity contribution in [2.24, 2.45) is 0 Å². The number of nitrogens with one attached hydrogen (secondary N) is 1. The second-order valence-electron chi connectivity index (χ2n) is 10.9. The van der Waals surface area contributed by atoms with Crippen LogP contribution in [0.2, 0.25) is 0 Å². The highest BCUT2D eigenvalue weighted by Gasteiger charge is 2.25. The molecule has 0 bridgehead atoms. The SMILES string of the molecule is CN(C[C@H](O)CNC(C)(C)Cc1ccc2ccccc2c1)S(=O)(=O)c1ccc(-c2ccc(C=CC(=O)O)cc2)cc1. The minimum atomic E-state index is -3.80. The van der Waals surface area contributed by atoms with Crippen LogP contribution < -0.4 is 5.32 Å². The monoisotopic (exact) mass is 572 g/mol. The van der Waals surface area contributed by atoms with Gasteiger partial charge in [-0.1, -0.05) is 78.9 Å². The quantitative estimate of drug-likeness (QED) is 0.202. The molecule has 0 aliphatic rings. The second-order valence-corrected chi connectivity index (χ2v) is 12.9. The Balaban J connectivity index is 1.33. The van der Waals surface area contributed by atoms with Crippen molar-refractivity contribution < 1.29 is 23.4 Å². The Morgan fingerprint density at radius 1 is 0.927 bits per heavy atom. The highest BCUT2D eigenvalue weighted by molar-refractivity contribution is 7.89. The average molecular weight is 573 g/mol. The number of carboxylic acids is 1. The summed E-state index contributed by atoms with van der Waals surface area (Å²) in [6.45, 7) is 4.33. The van der Waals surface area contributed by atoms with Crippen molar-refractivity contribution in [3.05, 3.63) is 108 Å². The zero-order valence-corrected chi connectivity index (χ0v) is 24.3. The largest absolute Gasteiger partial charge is 0.478 e. The Kier molecular flexibility index (Phi) is 9.40. The van der Waals surface area contributed by atoms with Gasteiger partial charge >= 0.3 is 5.97 Å². The molecule has 0 amide bonds. The average Bonchev–Trinajstić information content (AvgIpc) is 2.95. The lowest BCUT2D eigenvalue weighted by molar-refractivity contribution is -0.131. The van der Waals surface area contributed by atoms with Crippen molar-refractivity contribution in [3.8, 4) is 11.1 Å². The van der Waals surface area contributed by atoms with Crippen LogP contribution >= 0.6 is 0 Å². The van der Waals surface area contributed by atoms with Gasteiger partial charge in [0, 0.05) is 31.8 Å². The maximum absolute atomic E-state index is 13.2. The zero-order chi connectivity index (χ0) is 29.6. The lowest BCUT2D eigenvalue weighted by Crippen LogP contribution is -2.47. The third-order valence-corrected chi connectivity index (χ3v) is 8.81. The molecule has 7 nitrogen and oxygen atoms in total. The molecular formula is C33H36N2O5S. The van der Waals surface area contributed by atoms with Crippen LogP contribution in [0.4, 0.5) is 0 Å². The van der Waals surface area contributed by atoms with Gasteiger partial charge in [0.15, 0.2) is 0 Å². The smallest absolute Gasteiger partial charge is 0.328 e. The van der Waals surface area contributed by atoms with Crippen molar-refractivity contribution in [1.82, 2.24) is 9.62 Å². The number of aliphatic hydroxyl groups is 1. The fourth-order valence-corrected chi connectivity index (χ4v) is 5.94. The van der Waals surface area contributed by atoms with E-state index in [1.165, 1.54) is 33.8 Å². The van der Waals surface area contributed by atoms with Gasteiger partial charge in [0.2, 0.25) is 10.0 Å². The fraction of sp³-hybridized carbons (Fsp3) is 0.242. The molecule has 0 aliphatic carbocycles. The van der Waals surface area contributed by atoms with Crippen LogP contribution in [-0.4, -0.2) is 60.7 Å². The number of rotatable bonds is 12. The van der Waals surface area contributed by atoms with Crippen molar-refractivity contribution in [2.75, 3.05) is 20.1 Å². The first-order valence-corrected chi connectivity index (χ1v) is 14.9. The van der Waals surface area contributed by atoms with Gasteiger partial charge in [0.25, 0.3) is 0 Å². The van der Waals surface area contributed by atoms with E-state index < -0.39 is 22.1 Å². The molecule has 0 saturated carbocycles. The van der Waals surface area contributed by atoms with E-state index in [1.54, 1.807) is 36.4 Å². The van der Waals surface area contributed by atoms with Crippen molar-refractivity contribution in [3.63, 3.8) is 0 Å². The number of carboxylic acid groups (broad SMARTS) is 1. The summed E-state index contributed by atoms with van der Waals surface area (Å²) in [4.78, 5) is 10.8. The van der Waals surface area contributed by atoms with Gasteiger partial charge in [0.05, 0.1) is 11.0 Å². The van der Waals surface area contributed by atoms with Crippen LogP contribution in [-0.2, 0) is 21.2 Å². The molecule has 4 aromatic rings.